The van der Waals surface area contributed by atoms with Crippen LogP contribution >= 0.6 is 11.6 Å². The molecule has 27 heavy (non-hydrogen) atoms. The molecule has 2 aromatic heterocycles. The van der Waals surface area contributed by atoms with Crippen molar-refractivity contribution in [3.63, 3.8) is 0 Å². The Morgan fingerprint density at radius 3 is 2.96 bits per heavy atom. The van der Waals surface area contributed by atoms with Crippen molar-refractivity contribution in [2.24, 2.45) is 0 Å². The number of hydrogen-bond acceptors (Lipinski definition) is 6. The molecule has 0 N–H and O–H groups in total. The van der Waals surface area contributed by atoms with E-state index in [2.05, 4.69) is 9.97 Å². The number of halogens is 1. The Kier molecular flexibility index (Phi) is 4.53. The molecule has 0 spiro atoms. The fourth-order valence-electron chi connectivity index (χ4n) is 3.01. The lowest BCUT2D eigenvalue weighted by molar-refractivity contribution is 0.296. The molecule has 0 atom stereocenters. The topological polar surface area (TPSA) is 83.3 Å². The minimum Gasteiger partial charge on any atom is -0.495 e. The van der Waals surface area contributed by atoms with E-state index in [0.29, 0.717) is 41.0 Å². The molecule has 0 saturated heterocycles. The van der Waals surface area contributed by atoms with Crippen molar-refractivity contribution in [3.8, 4) is 23.0 Å². The van der Waals surface area contributed by atoms with Crippen LogP contribution in [0.4, 0.5) is 0 Å². The quantitative estimate of drug-likeness (QED) is 0.663. The molecule has 0 fully saturated rings. The first-order valence-corrected chi connectivity index (χ1v) is 10.2. The Hall–Kier alpha value is -2.58. The van der Waals surface area contributed by atoms with E-state index < -0.39 is 9.84 Å². The molecule has 0 bridgehead atoms. The van der Waals surface area contributed by atoms with Crippen LogP contribution in [0.15, 0.2) is 47.8 Å². The Labute approximate surface area is 161 Å². The first kappa shape index (κ1) is 17.8. The van der Waals surface area contributed by atoms with Crippen LogP contribution in [-0.4, -0.2) is 36.7 Å². The fourth-order valence-corrected chi connectivity index (χ4v) is 4.77. The van der Waals surface area contributed by atoms with E-state index in [4.69, 9.17) is 21.1 Å². The zero-order chi connectivity index (χ0) is 19.0. The summed E-state index contributed by atoms with van der Waals surface area (Å²) in [5.74, 6) is 1.15. The molecule has 0 amide bonds. The number of methoxy groups -OCH3 is 1. The maximum absolute atomic E-state index is 12.9. The molecular weight excluding hydrogens is 390 g/mol. The molecule has 3 heterocycles. The number of hydrogen-bond donors (Lipinski definition) is 0. The van der Waals surface area contributed by atoms with Crippen LogP contribution in [0.1, 0.15) is 5.56 Å². The van der Waals surface area contributed by atoms with Crippen LogP contribution in [0, 0.1) is 0 Å². The maximum atomic E-state index is 12.9. The smallest absolute Gasteiger partial charge is 0.224 e. The van der Waals surface area contributed by atoms with E-state index >= 15 is 0 Å². The summed E-state index contributed by atoms with van der Waals surface area (Å²) in [6.45, 7) is 1.12. The first-order valence-electron chi connectivity index (χ1n) is 8.17. The highest BCUT2D eigenvalue weighted by molar-refractivity contribution is 7.90. The highest BCUT2D eigenvalue weighted by Gasteiger charge is 2.23. The number of sulfone groups is 1. The van der Waals surface area contributed by atoms with E-state index in [9.17, 15) is 8.42 Å². The fraction of sp³-hybridized carbons (Fsp3) is 0.222. The lowest BCUT2D eigenvalue weighted by Crippen LogP contribution is -2.08. The predicted octanol–water partition coefficient (Wildman–Crippen LogP) is 2.97. The van der Waals surface area contributed by atoms with Gasteiger partial charge in [-0.15, -0.1) is 0 Å². The summed E-state index contributed by atoms with van der Waals surface area (Å²) < 4.78 is 38.7. The van der Waals surface area contributed by atoms with Crippen molar-refractivity contribution in [3.05, 3.63) is 53.4 Å². The Bertz CT molecular complexity index is 1110. The largest absolute Gasteiger partial charge is 0.495 e. The van der Waals surface area contributed by atoms with Crippen LogP contribution < -0.4 is 9.47 Å². The molecular formula is C18H16ClN3O4S. The van der Waals surface area contributed by atoms with Crippen LogP contribution in [0.5, 0.6) is 11.6 Å². The highest BCUT2D eigenvalue weighted by Crippen LogP contribution is 2.33. The summed E-state index contributed by atoms with van der Waals surface area (Å²) in [6.07, 6.45) is 5.06. The molecule has 0 unspecified atom stereocenters. The van der Waals surface area contributed by atoms with Gasteiger partial charge in [-0.1, -0.05) is 11.6 Å². The van der Waals surface area contributed by atoms with Gasteiger partial charge >= 0.3 is 0 Å². The zero-order valence-corrected chi connectivity index (χ0v) is 16.0. The standard InChI is InChI=1S/C18H16ClN3O4S/c1-25-15-3-2-13(19)9-16(15)27(23,24)11-12-8-14-17-20-4-5-22(17)6-7-26-18(14)21-10-12/h2-5,8-10H,6-7,11H2,1H3. The summed E-state index contributed by atoms with van der Waals surface area (Å²) in [5, 5.41) is 0.324. The third-order valence-corrected chi connectivity index (χ3v) is 6.19. The van der Waals surface area contributed by atoms with Gasteiger partial charge in [-0.25, -0.2) is 18.4 Å². The van der Waals surface area contributed by atoms with Gasteiger partial charge < -0.3 is 14.0 Å². The van der Waals surface area contributed by atoms with E-state index in [1.807, 2.05) is 10.8 Å². The third kappa shape index (κ3) is 3.38. The molecule has 0 radical (unpaired) electrons. The first-order chi connectivity index (χ1) is 13.0. The van der Waals surface area contributed by atoms with E-state index in [1.54, 1.807) is 18.3 Å². The van der Waals surface area contributed by atoms with Crippen molar-refractivity contribution in [1.82, 2.24) is 14.5 Å². The average molecular weight is 406 g/mol. The number of aromatic nitrogens is 3. The minimum atomic E-state index is -3.70. The van der Waals surface area contributed by atoms with Gasteiger partial charge in [0.15, 0.2) is 9.84 Å². The Balaban J connectivity index is 1.74. The minimum absolute atomic E-state index is 0.0465. The second-order valence-electron chi connectivity index (χ2n) is 6.04. The van der Waals surface area contributed by atoms with Gasteiger partial charge in [-0.05, 0) is 29.8 Å². The average Bonchev–Trinajstić information content (AvgIpc) is 3.04. The molecule has 0 aliphatic carbocycles. The molecule has 7 nitrogen and oxygen atoms in total. The summed E-state index contributed by atoms with van der Waals surface area (Å²) >= 11 is 5.98. The van der Waals surface area contributed by atoms with Crippen LogP contribution in [0.3, 0.4) is 0 Å². The predicted molar refractivity (Wildman–Crippen MR) is 99.8 cm³/mol. The monoisotopic (exact) mass is 405 g/mol. The second-order valence-corrected chi connectivity index (χ2v) is 8.44. The molecule has 9 heteroatoms. The lowest BCUT2D eigenvalue weighted by Gasteiger charge is -2.11. The number of nitrogens with zero attached hydrogens (tertiary/aromatic N) is 3. The Morgan fingerprint density at radius 1 is 1.30 bits per heavy atom. The molecule has 1 aliphatic rings. The van der Waals surface area contributed by atoms with Crippen molar-refractivity contribution in [2.75, 3.05) is 13.7 Å². The highest BCUT2D eigenvalue weighted by atomic mass is 35.5. The van der Waals surface area contributed by atoms with Gasteiger partial charge in [-0.3, -0.25) is 0 Å². The Morgan fingerprint density at radius 2 is 2.15 bits per heavy atom. The summed E-state index contributed by atoms with van der Waals surface area (Å²) in [5.41, 5.74) is 1.19. The van der Waals surface area contributed by atoms with Crippen molar-refractivity contribution in [1.29, 1.82) is 0 Å². The van der Waals surface area contributed by atoms with E-state index in [0.717, 1.165) is 0 Å². The number of fused-ring (bicyclic) bond motifs is 3. The van der Waals surface area contributed by atoms with Crippen molar-refractivity contribution >= 4 is 21.4 Å². The number of rotatable bonds is 4. The summed E-state index contributed by atoms with van der Waals surface area (Å²) in [6, 6.07) is 6.26. The van der Waals surface area contributed by atoms with Gasteiger partial charge in [0.25, 0.3) is 0 Å². The molecule has 3 aromatic rings. The van der Waals surface area contributed by atoms with Crippen LogP contribution in [-0.2, 0) is 22.1 Å². The van der Waals surface area contributed by atoms with Gasteiger partial charge in [0, 0.05) is 23.6 Å². The normalized spacial score (nSPS) is 13.3. The molecule has 1 aromatic carbocycles. The number of benzene rings is 1. The molecule has 1 aliphatic heterocycles. The van der Waals surface area contributed by atoms with Gasteiger partial charge in [0.2, 0.25) is 5.88 Å². The van der Waals surface area contributed by atoms with Crippen LogP contribution in [0.25, 0.3) is 11.4 Å². The van der Waals surface area contributed by atoms with Gasteiger partial charge in [-0.2, -0.15) is 0 Å². The molecule has 0 saturated carbocycles. The van der Waals surface area contributed by atoms with Gasteiger partial charge in [0.1, 0.15) is 23.1 Å². The summed E-state index contributed by atoms with van der Waals surface area (Å²) in [7, 11) is -2.28. The van der Waals surface area contributed by atoms with Crippen molar-refractivity contribution in [2.45, 2.75) is 17.2 Å². The van der Waals surface area contributed by atoms with E-state index in [1.165, 1.54) is 25.4 Å². The molecule has 140 valence electrons. The third-order valence-electron chi connectivity index (χ3n) is 4.25. The number of pyridine rings is 1. The van der Waals surface area contributed by atoms with Crippen molar-refractivity contribution < 1.29 is 17.9 Å². The van der Waals surface area contributed by atoms with Gasteiger partial charge in [0.05, 0.1) is 25.0 Å². The van der Waals surface area contributed by atoms with Crippen LogP contribution in [0.2, 0.25) is 5.02 Å². The number of ether oxygens (including phenoxy) is 2. The number of imidazole rings is 1. The maximum Gasteiger partial charge on any atom is 0.224 e. The zero-order valence-electron chi connectivity index (χ0n) is 14.4. The summed E-state index contributed by atoms with van der Waals surface area (Å²) in [4.78, 5) is 8.69. The SMILES string of the molecule is COc1ccc(Cl)cc1S(=O)(=O)Cc1cnc2c(c1)-c1nccn1CCO2. The lowest BCUT2D eigenvalue weighted by atomic mass is 10.2. The molecule has 4 rings (SSSR count). The second kappa shape index (κ2) is 6.86. The van der Waals surface area contributed by atoms with E-state index in [-0.39, 0.29) is 16.4 Å².